The summed E-state index contributed by atoms with van der Waals surface area (Å²) in [4.78, 5) is 3.88. The second-order valence-electron chi connectivity index (χ2n) is 2.47. The molecule has 76 valence electrons. The van der Waals surface area contributed by atoms with Gasteiger partial charge in [0, 0.05) is 0 Å². The van der Waals surface area contributed by atoms with Crippen molar-refractivity contribution in [2.24, 2.45) is 10.7 Å². The average Bonchev–Trinajstić information content (AvgIpc) is 2.18. The SMILES string of the molecule is NC(CCl)=Nc1c(Cl)ccc(O)c1Cl. The number of halogens is 3. The summed E-state index contributed by atoms with van der Waals surface area (Å²) in [6, 6.07) is 2.85. The fraction of sp³-hybridized carbons (Fsp3) is 0.125. The Morgan fingerprint density at radius 2 is 2.07 bits per heavy atom. The Morgan fingerprint density at radius 1 is 1.43 bits per heavy atom. The zero-order valence-corrected chi connectivity index (χ0v) is 9.24. The van der Waals surface area contributed by atoms with Crippen molar-refractivity contribution in [2.45, 2.75) is 0 Å². The Bertz CT molecular complexity index is 379. The monoisotopic (exact) mass is 252 g/mol. The van der Waals surface area contributed by atoms with E-state index < -0.39 is 0 Å². The third-order valence-electron chi connectivity index (χ3n) is 1.44. The molecular formula is C8H7Cl3N2O. The highest BCUT2D eigenvalue weighted by molar-refractivity contribution is 6.40. The molecule has 14 heavy (non-hydrogen) atoms. The van der Waals surface area contributed by atoms with E-state index in [4.69, 9.17) is 40.5 Å². The van der Waals surface area contributed by atoms with Crippen molar-refractivity contribution in [1.82, 2.24) is 0 Å². The van der Waals surface area contributed by atoms with Crippen molar-refractivity contribution in [3.05, 3.63) is 22.2 Å². The Labute approximate surface area is 96.1 Å². The van der Waals surface area contributed by atoms with E-state index in [2.05, 4.69) is 4.99 Å². The average molecular weight is 254 g/mol. The second-order valence-corrected chi connectivity index (χ2v) is 3.52. The lowest BCUT2D eigenvalue weighted by atomic mass is 10.3. The summed E-state index contributed by atoms with van der Waals surface area (Å²) >= 11 is 17.0. The lowest BCUT2D eigenvalue weighted by molar-refractivity contribution is 0.476. The molecule has 1 rings (SSSR count). The standard InChI is InChI=1S/C8H7Cl3N2O/c9-3-6(12)13-8-4(10)1-2-5(14)7(8)11/h1-2,14H,3H2,(H2,12,13). The molecule has 0 aromatic heterocycles. The maximum Gasteiger partial charge on any atom is 0.136 e. The van der Waals surface area contributed by atoms with Gasteiger partial charge in [-0.05, 0) is 12.1 Å². The number of benzene rings is 1. The van der Waals surface area contributed by atoms with E-state index in [1.54, 1.807) is 0 Å². The van der Waals surface area contributed by atoms with Gasteiger partial charge in [0.2, 0.25) is 0 Å². The normalized spacial score (nSPS) is 11.8. The predicted molar refractivity (Wildman–Crippen MR) is 60.1 cm³/mol. The first-order chi connectivity index (χ1) is 6.56. The number of phenols is 1. The van der Waals surface area contributed by atoms with Crippen molar-refractivity contribution in [3.63, 3.8) is 0 Å². The number of amidine groups is 1. The summed E-state index contributed by atoms with van der Waals surface area (Å²) in [5.41, 5.74) is 5.64. The maximum absolute atomic E-state index is 9.28. The molecule has 0 heterocycles. The summed E-state index contributed by atoms with van der Waals surface area (Å²) in [6.07, 6.45) is 0. The highest BCUT2D eigenvalue weighted by atomic mass is 35.5. The molecule has 0 amide bonds. The molecule has 0 spiro atoms. The van der Waals surface area contributed by atoms with E-state index in [1.807, 2.05) is 0 Å². The molecule has 0 aliphatic rings. The molecule has 0 saturated heterocycles. The van der Waals surface area contributed by atoms with Crippen molar-refractivity contribution in [2.75, 3.05) is 5.88 Å². The van der Waals surface area contributed by atoms with Gasteiger partial charge < -0.3 is 10.8 Å². The van der Waals surface area contributed by atoms with Gasteiger partial charge in [0.15, 0.2) is 0 Å². The van der Waals surface area contributed by atoms with E-state index in [1.165, 1.54) is 12.1 Å². The molecule has 1 aromatic rings. The molecule has 0 aliphatic carbocycles. The summed E-state index contributed by atoms with van der Waals surface area (Å²) in [6.45, 7) is 0. The van der Waals surface area contributed by atoms with Crippen LogP contribution in [0.1, 0.15) is 0 Å². The minimum atomic E-state index is -0.0998. The van der Waals surface area contributed by atoms with Crippen molar-refractivity contribution in [3.8, 4) is 5.75 Å². The molecule has 0 saturated carbocycles. The molecule has 3 nitrogen and oxygen atoms in total. The van der Waals surface area contributed by atoms with E-state index in [0.29, 0.717) is 5.02 Å². The van der Waals surface area contributed by atoms with Crippen LogP contribution < -0.4 is 5.73 Å². The minimum Gasteiger partial charge on any atom is -0.506 e. The number of nitrogens with two attached hydrogens (primary N) is 1. The van der Waals surface area contributed by atoms with E-state index >= 15 is 0 Å². The summed E-state index contributed by atoms with van der Waals surface area (Å²) < 4.78 is 0. The van der Waals surface area contributed by atoms with E-state index in [-0.39, 0.29) is 28.2 Å². The minimum absolute atomic E-state index is 0.0607. The first-order valence-corrected chi connectivity index (χ1v) is 4.91. The molecule has 0 fully saturated rings. The van der Waals surface area contributed by atoms with Gasteiger partial charge in [-0.1, -0.05) is 23.2 Å². The van der Waals surface area contributed by atoms with Gasteiger partial charge in [-0.2, -0.15) is 0 Å². The number of hydrogen-bond acceptors (Lipinski definition) is 2. The van der Waals surface area contributed by atoms with Crippen LogP contribution in [-0.2, 0) is 0 Å². The largest absolute Gasteiger partial charge is 0.506 e. The first kappa shape index (κ1) is 11.4. The third kappa shape index (κ3) is 2.44. The highest BCUT2D eigenvalue weighted by Crippen LogP contribution is 2.38. The number of aromatic hydroxyl groups is 1. The van der Waals surface area contributed by atoms with Gasteiger partial charge >= 0.3 is 0 Å². The Hall–Kier alpha value is -0.640. The predicted octanol–water partition coefficient (Wildman–Crippen LogP) is 2.93. The van der Waals surface area contributed by atoms with Gasteiger partial charge in [0.1, 0.15) is 22.3 Å². The third-order valence-corrected chi connectivity index (χ3v) is 2.39. The zero-order valence-electron chi connectivity index (χ0n) is 6.97. The second kappa shape index (κ2) is 4.73. The van der Waals surface area contributed by atoms with Crippen molar-refractivity contribution >= 4 is 46.3 Å². The quantitative estimate of drug-likeness (QED) is 0.484. The lowest BCUT2D eigenvalue weighted by Crippen LogP contribution is -2.12. The molecule has 0 aliphatic heterocycles. The van der Waals surface area contributed by atoms with Gasteiger partial charge in [0.25, 0.3) is 0 Å². The van der Waals surface area contributed by atoms with Gasteiger partial charge in [-0.25, -0.2) is 4.99 Å². The number of aliphatic imine (C=N–C) groups is 1. The molecule has 3 N–H and O–H groups in total. The van der Waals surface area contributed by atoms with Crippen LogP contribution in [0, 0.1) is 0 Å². The van der Waals surface area contributed by atoms with Crippen molar-refractivity contribution in [1.29, 1.82) is 0 Å². The molecule has 6 heteroatoms. The van der Waals surface area contributed by atoms with Gasteiger partial charge in [0.05, 0.1) is 10.9 Å². The lowest BCUT2D eigenvalue weighted by Gasteiger charge is -2.04. The molecular weight excluding hydrogens is 246 g/mol. The summed E-state index contributed by atoms with van der Waals surface area (Å²) in [5, 5.41) is 9.64. The Kier molecular flexibility index (Phi) is 3.86. The van der Waals surface area contributed by atoms with E-state index in [0.717, 1.165) is 0 Å². The smallest absolute Gasteiger partial charge is 0.136 e. The molecule has 0 bridgehead atoms. The van der Waals surface area contributed by atoms with Crippen LogP contribution in [-0.4, -0.2) is 16.8 Å². The number of rotatable bonds is 2. The van der Waals surface area contributed by atoms with Crippen LogP contribution in [0.25, 0.3) is 0 Å². The summed E-state index contributed by atoms with van der Waals surface area (Å²) in [5.74, 6) is 0.153. The van der Waals surface area contributed by atoms with Crippen LogP contribution in [0.5, 0.6) is 5.75 Å². The fourth-order valence-corrected chi connectivity index (χ4v) is 1.32. The van der Waals surface area contributed by atoms with Crippen LogP contribution in [0.15, 0.2) is 17.1 Å². The molecule has 1 aromatic carbocycles. The van der Waals surface area contributed by atoms with Crippen LogP contribution in [0.4, 0.5) is 5.69 Å². The topological polar surface area (TPSA) is 58.6 Å². The number of hydrogen-bond donors (Lipinski definition) is 2. The highest BCUT2D eigenvalue weighted by Gasteiger charge is 2.09. The first-order valence-electron chi connectivity index (χ1n) is 3.62. The fourth-order valence-electron chi connectivity index (χ4n) is 0.806. The van der Waals surface area contributed by atoms with Crippen molar-refractivity contribution < 1.29 is 5.11 Å². The van der Waals surface area contributed by atoms with Crippen LogP contribution >= 0.6 is 34.8 Å². The molecule has 0 unspecified atom stereocenters. The van der Waals surface area contributed by atoms with Gasteiger partial charge in [-0.3, -0.25) is 0 Å². The van der Waals surface area contributed by atoms with Gasteiger partial charge in [-0.15, -0.1) is 11.6 Å². The molecule has 0 atom stereocenters. The zero-order chi connectivity index (χ0) is 10.7. The Morgan fingerprint density at radius 3 is 2.64 bits per heavy atom. The maximum atomic E-state index is 9.28. The number of phenolic OH excluding ortho intramolecular Hbond substituents is 1. The summed E-state index contributed by atoms with van der Waals surface area (Å²) in [7, 11) is 0. The Balaban J connectivity index is 3.26. The number of nitrogens with zero attached hydrogens (tertiary/aromatic N) is 1. The van der Waals surface area contributed by atoms with Crippen LogP contribution in [0.2, 0.25) is 10.0 Å². The van der Waals surface area contributed by atoms with Crippen LogP contribution in [0.3, 0.4) is 0 Å². The number of alkyl halides is 1. The molecule has 0 radical (unpaired) electrons. The van der Waals surface area contributed by atoms with E-state index in [9.17, 15) is 5.11 Å².